The number of hydrogen-bond donors (Lipinski definition) is 1. The number of carbonyl (C=O) groups is 1. The molecule has 0 aromatic heterocycles. The van der Waals surface area contributed by atoms with Gasteiger partial charge in [-0.25, -0.2) is 0 Å². The number of amides is 1. The standard InChI is InChI=1S/C23H35N3O2/c27-22-8-6-19(7-9-22)15-25-17-20(16-24-10-4-5-11-24)14-21(18-25)23(28)26-12-2-1-3-13-26/h6-9,20-21,27H,1-5,10-18H2/t20-,21-/m1/s1. The fourth-order valence-corrected chi connectivity index (χ4v) is 5.31. The van der Waals surface area contributed by atoms with Crippen molar-refractivity contribution in [2.45, 2.75) is 45.1 Å². The lowest BCUT2D eigenvalue weighted by atomic mass is 9.87. The first-order valence-corrected chi connectivity index (χ1v) is 11.2. The normalized spacial score (nSPS) is 27.2. The molecule has 5 nitrogen and oxygen atoms in total. The van der Waals surface area contributed by atoms with Gasteiger partial charge >= 0.3 is 0 Å². The highest BCUT2D eigenvalue weighted by Gasteiger charge is 2.35. The molecule has 3 fully saturated rings. The molecule has 1 aromatic carbocycles. The molecule has 28 heavy (non-hydrogen) atoms. The van der Waals surface area contributed by atoms with Gasteiger partial charge < -0.3 is 14.9 Å². The molecule has 0 saturated carbocycles. The van der Waals surface area contributed by atoms with Crippen LogP contribution in [0.1, 0.15) is 44.1 Å². The molecule has 3 saturated heterocycles. The minimum Gasteiger partial charge on any atom is -0.508 e. The van der Waals surface area contributed by atoms with Gasteiger partial charge in [0.05, 0.1) is 5.92 Å². The lowest BCUT2D eigenvalue weighted by molar-refractivity contribution is -0.139. The van der Waals surface area contributed by atoms with Crippen molar-refractivity contribution in [1.82, 2.24) is 14.7 Å². The van der Waals surface area contributed by atoms with Gasteiger partial charge in [0.2, 0.25) is 5.91 Å². The molecule has 0 radical (unpaired) electrons. The van der Waals surface area contributed by atoms with Crippen LogP contribution in [-0.4, -0.2) is 71.5 Å². The number of piperidine rings is 2. The first-order chi connectivity index (χ1) is 13.7. The van der Waals surface area contributed by atoms with Crippen LogP contribution in [0.2, 0.25) is 0 Å². The van der Waals surface area contributed by atoms with Gasteiger partial charge in [-0.1, -0.05) is 12.1 Å². The Hall–Kier alpha value is -1.59. The molecule has 3 aliphatic rings. The summed E-state index contributed by atoms with van der Waals surface area (Å²) >= 11 is 0. The van der Waals surface area contributed by atoms with E-state index in [1.165, 1.54) is 37.9 Å². The summed E-state index contributed by atoms with van der Waals surface area (Å²) in [6, 6.07) is 7.52. The minimum atomic E-state index is 0.136. The molecular weight excluding hydrogens is 350 g/mol. The maximum absolute atomic E-state index is 13.2. The summed E-state index contributed by atoms with van der Waals surface area (Å²) in [4.78, 5) is 20.4. The second-order valence-electron chi connectivity index (χ2n) is 9.05. The molecule has 2 atom stereocenters. The van der Waals surface area contributed by atoms with Gasteiger partial charge in [0.25, 0.3) is 0 Å². The Morgan fingerprint density at radius 1 is 0.893 bits per heavy atom. The number of phenolic OH excluding ortho intramolecular Hbond substituents is 1. The monoisotopic (exact) mass is 385 g/mol. The van der Waals surface area contributed by atoms with Crippen LogP contribution in [0, 0.1) is 11.8 Å². The third-order valence-electron chi connectivity index (χ3n) is 6.69. The highest BCUT2D eigenvalue weighted by atomic mass is 16.3. The van der Waals surface area contributed by atoms with E-state index >= 15 is 0 Å². The van der Waals surface area contributed by atoms with E-state index in [0.717, 1.165) is 58.5 Å². The van der Waals surface area contributed by atoms with Gasteiger partial charge in [-0.15, -0.1) is 0 Å². The third-order valence-corrected chi connectivity index (χ3v) is 6.69. The number of phenols is 1. The van der Waals surface area contributed by atoms with Crippen molar-refractivity contribution in [1.29, 1.82) is 0 Å². The molecule has 0 aliphatic carbocycles. The maximum Gasteiger partial charge on any atom is 0.226 e. The number of aromatic hydroxyl groups is 1. The summed E-state index contributed by atoms with van der Waals surface area (Å²) in [6.07, 6.45) is 7.26. The van der Waals surface area contributed by atoms with E-state index < -0.39 is 0 Å². The fourth-order valence-electron chi connectivity index (χ4n) is 5.31. The van der Waals surface area contributed by atoms with E-state index in [2.05, 4.69) is 14.7 Å². The lowest BCUT2D eigenvalue weighted by Gasteiger charge is -2.41. The van der Waals surface area contributed by atoms with Crippen LogP contribution in [0.25, 0.3) is 0 Å². The second-order valence-corrected chi connectivity index (χ2v) is 9.05. The summed E-state index contributed by atoms with van der Waals surface area (Å²) in [5.41, 5.74) is 1.21. The smallest absolute Gasteiger partial charge is 0.226 e. The molecule has 3 heterocycles. The topological polar surface area (TPSA) is 47.0 Å². The van der Waals surface area contributed by atoms with Gasteiger partial charge in [0.1, 0.15) is 5.75 Å². The van der Waals surface area contributed by atoms with Gasteiger partial charge in [-0.05, 0) is 75.2 Å². The maximum atomic E-state index is 13.2. The van der Waals surface area contributed by atoms with Crippen molar-refractivity contribution >= 4 is 5.91 Å². The molecule has 0 unspecified atom stereocenters. The molecule has 0 spiro atoms. The van der Waals surface area contributed by atoms with Crippen molar-refractivity contribution in [3.63, 3.8) is 0 Å². The van der Waals surface area contributed by atoms with Crippen LogP contribution in [-0.2, 0) is 11.3 Å². The summed E-state index contributed by atoms with van der Waals surface area (Å²) in [5, 5.41) is 9.55. The molecule has 1 aromatic rings. The van der Waals surface area contributed by atoms with E-state index in [4.69, 9.17) is 0 Å². The van der Waals surface area contributed by atoms with Gasteiger partial charge in [-0.2, -0.15) is 0 Å². The number of carbonyl (C=O) groups excluding carboxylic acids is 1. The number of rotatable bonds is 5. The first-order valence-electron chi connectivity index (χ1n) is 11.2. The average Bonchev–Trinajstić information content (AvgIpc) is 3.23. The van der Waals surface area contributed by atoms with Crippen LogP contribution in [0.5, 0.6) is 5.75 Å². The van der Waals surface area contributed by atoms with E-state index in [9.17, 15) is 9.90 Å². The first kappa shape index (κ1) is 19.7. The summed E-state index contributed by atoms with van der Waals surface area (Å²) in [6.45, 7) is 8.27. The van der Waals surface area contributed by atoms with Crippen molar-refractivity contribution in [3.8, 4) is 5.75 Å². The van der Waals surface area contributed by atoms with Crippen LogP contribution >= 0.6 is 0 Å². The van der Waals surface area contributed by atoms with Crippen molar-refractivity contribution in [2.75, 3.05) is 45.8 Å². The second kappa shape index (κ2) is 9.27. The number of nitrogens with zero attached hydrogens (tertiary/aromatic N) is 3. The lowest BCUT2D eigenvalue weighted by Crippen LogP contribution is -2.50. The Bertz CT molecular complexity index is 636. The zero-order valence-corrected chi connectivity index (χ0v) is 17.1. The number of hydrogen-bond acceptors (Lipinski definition) is 4. The molecule has 3 aliphatic heterocycles. The number of benzene rings is 1. The predicted molar refractivity (Wildman–Crippen MR) is 111 cm³/mol. The van der Waals surface area contributed by atoms with Crippen LogP contribution in [0.4, 0.5) is 0 Å². The van der Waals surface area contributed by atoms with Gasteiger partial charge in [0, 0.05) is 39.3 Å². The Labute approximate surface area is 169 Å². The zero-order chi connectivity index (χ0) is 19.3. The Morgan fingerprint density at radius 2 is 1.57 bits per heavy atom. The van der Waals surface area contributed by atoms with Gasteiger partial charge in [0.15, 0.2) is 0 Å². The van der Waals surface area contributed by atoms with Crippen molar-refractivity contribution in [2.24, 2.45) is 11.8 Å². The zero-order valence-electron chi connectivity index (χ0n) is 17.1. The van der Waals surface area contributed by atoms with Crippen molar-refractivity contribution < 1.29 is 9.90 Å². The molecule has 1 N–H and O–H groups in total. The van der Waals surface area contributed by atoms with Crippen LogP contribution in [0.15, 0.2) is 24.3 Å². The van der Waals surface area contributed by atoms with E-state index in [0.29, 0.717) is 17.6 Å². The van der Waals surface area contributed by atoms with E-state index in [1.54, 1.807) is 12.1 Å². The fraction of sp³-hybridized carbons (Fsp3) is 0.696. The van der Waals surface area contributed by atoms with Crippen LogP contribution in [0.3, 0.4) is 0 Å². The quantitative estimate of drug-likeness (QED) is 0.847. The van der Waals surface area contributed by atoms with Crippen LogP contribution < -0.4 is 0 Å². The highest BCUT2D eigenvalue weighted by molar-refractivity contribution is 5.79. The SMILES string of the molecule is O=C([C@@H]1C[C@H](CN2CCCC2)CN(Cc2ccc(O)cc2)C1)N1CCCCC1. The Balaban J connectivity index is 1.43. The molecular formula is C23H35N3O2. The summed E-state index contributed by atoms with van der Waals surface area (Å²) in [7, 11) is 0. The van der Waals surface area contributed by atoms with Crippen molar-refractivity contribution in [3.05, 3.63) is 29.8 Å². The summed E-state index contributed by atoms with van der Waals surface area (Å²) in [5.74, 6) is 1.41. The Morgan fingerprint density at radius 3 is 2.29 bits per heavy atom. The predicted octanol–water partition coefficient (Wildman–Crippen LogP) is 2.94. The third kappa shape index (κ3) is 5.06. The molecule has 154 valence electrons. The molecule has 0 bridgehead atoms. The molecule has 1 amide bonds. The summed E-state index contributed by atoms with van der Waals surface area (Å²) < 4.78 is 0. The highest BCUT2D eigenvalue weighted by Crippen LogP contribution is 2.28. The minimum absolute atomic E-state index is 0.136. The van der Waals surface area contributed by atoms with E-state index in [1.807, 2.05) is 12.1 Å². The average molecular weight is 386 g/mol. The van der Waals surface area contributed by atoms with E-state index in [-0.39, 0.29) is 5.92 Å². The molecule has 5 heteroatoms. The Kier molecular flexibility index (Phi) is 6.53. The molecule has 4 rings (SSSR count). The number of likely N-dealkylation sites (tertiary alicyclic amines) is 3. The van der Waals surface area contributed by atoms with Gasteiger partial charge in [-0.3, -0.25) is 9.69 Å². The largest absolute Gasteiger partial charge is 0.508 e.